The molecule has 6 nitrogen and oxygen atoms in total. The summed E-state index contributed by atoms with van der Waals surface area (Å²) in [6.07, 6.45) is 2.30. The van der Waals surface area contributed by atoms with Gasteiger partial charge >= 0.3 is 0 Å². The van der Waals surface area contributed by atoms with Crippen molar-refractivity contribution in [1.29, 1.82) is 5.26 Å². The van der Waals surface area contributed by atoms with E-state index in [1.165, 1.54) is 42.6 Å². The third-order valence-electron chi connectivity index (χ3n) is 6.86. The second-order valence-corrected chi connectivity index (χ2v) is 10.7. The number of alkyl halides is 2. The van der Waals surface area contributed by atoms with Crippen LogP contribution in [0, 0.1) is 23.1 Å². The van der Waals surface area contributed by atoms with Gasteiger partial charge in [-0.2, -0.15) is 5.26 Å². The first-order valence-electron chi connectivity index (χ1n) is 11.6. The van der Waals surface area contributed by atoms with Crippen LogP contribution in [0.15, 0.2) is 41.5 Å². The molecular weight excluding hydrogens is 506 g/mol. The fraction of sp³-hybridized carbons (Fsp3) is 0.385. The molecule has 0 bridgehead atoms. The number of nitriles is 1. The molecule has 1 saturated heterocycles. The third kappa shape index (κ3) is 5.64. The largest absolute Gasteiger partial charge is 0.378 e. The van der Waals surface area contributed by atoms with Gasteiger partial charge in [0, 0.05) is 24.7 Å². The number of likely N-dealkylation sites (tertiary alicyclic amines) is 1. The molecule has 2 unspecified atom stereocenters. The summed E-state index contributed by atoms with van der Waals surface area (Å²) in [6.45, 7) is 2.82. The Hall–Kier alpha value is -3.39. The Morgan fingerprint density at radius 3 is 2.70 bits per heavy atom. The molecule has 1 aromatic heterocycles. The molecule has 1 aromatic carbocycles. The lowest BCUT2D eigenvalue weighted by molar-refractivity contribution is -0.131. The minimum absolute atomic E-state index is 0.0198. The molecule has 1 amide bonds. The van der Waals surface area contributed by atoms with Crippen LogP contribution in [0.5, 0.6) is 0 Å². The van der Waals surface area contributed by atoms with Crippen LogP contribution in [-0.2, 0) is 10.3 Å². The molecule has 2 aliphatic heterocycles. The van der Waals surface area contributed by atoms with Crippen LogP contribution in [-0.4, -0.2) is 45.2 Å². The van der Waals surface area contributed by atoms with E-state index < -0.39 is 46.7 Å². The standard InChI is InChI=1S/C26H25F4N5OS/c1-15-9-22(23(36)35-8-7-26(29,30)14-35)37-24(32)34-25(15,2)18-10-16(3-5-19(18)27)11-20(28)21-6-4-17(12-31)13-33-21/h3-6,10-11,13,15,22H,7-9,14H2,1-2H3,(H2,32,34)/b20-11-/t15?,22?,25-/m0/s1. The van der Waals surface area contributed by atoms with E-state index in [1.54, 1.807) is 13.8 Å². The van der Waals surface area contributed by atoms with Crippen molar-refractivity contribution in [2.45, 2.75) is 43.4 Å². The second-order valence-electron chi connectivity index (χ2n) is 9.48. The van der Waals surface area contributed by atoms with Crippen molar-refractivity contribution in [3.05, 3.63) is 64.7 Å². The highest BCUT2D eigenvalue weighted by Crippen LogP contribution is 2.43. The van der Waals surface area contributed by atoms with Gasteiger partial charge in [-0.25, -0.2) is 17.6 Å². The Balaban J connectivity index is 1.62. The number of benzene rings is 1. The van der Waals surface area contributed by atoms with Gasteiger partial charge in [0.15, 0.2) is 5.17 Å². The van der Waals surface area contributed by atoms with Crippen molar-refractivity contribution < 1.29 is 22.4 Å². The number of pyridine rings is 1. The fourth-order valence-electron chi connectivity index (χ4n) is 4.56. The molecule has 4 rings (SSSR count). The SMILES string of the molecule is CC1CC(C(=O)N2CCC(F)(F)C2)SC(N)=N[C@]1(C)c1cc(/C=C(\F)c2ccc(C#N)cn2)ccc1F. The van der Waals surface area contributed by atoms with Gasteiger partial charge in [0.05, 0.1) is 28.6 Å². The number of carbonyl (C=O) groups is 1. The van der Waals surface area contributed by atoms with E-state index in [0.29, 0.717) is 11.1 Å². The van der Waals surface area contributed by atoms with E-state index in [-0.39, 0.29) is 35.8 Å². The third-order valence-corrected chi connectivity index (χ3v) is 7.87. The monoisotopic (exact) mass is 531 g/mol. The van der Waals surface area contributed by atoms with Crippen molar-refractivity contribution in [2.24, 2.45) is 16.6 Å². The second kappa shape index (κ2) is 10.2. The van der Waals surface area contributed by atoms with Crippen LogP contribution in [0.3, 0.4) is 0 Å². The molecule has 194 valence electrons. The summed E-state index contributed by atoms with van der Waals surface area (Å²) in [7, 11) is 0. The molecule has 2 aliphatic rings. The number of carbonyl (C=O) groups excluding carboxylic acids is 1. The summed E-state index contributed by atoms with van der Waals surface area (Å²) in [4.78, 5) is 22.6. The van der Waals surface area contributed by atoms with Crippen molar-refractivity contribution in [1.82, 2.24) is 9.88 Å². The molecule has 11 heteroatoms. The lowest BCUT2D eigenvalue weighted by atomic mass is 9.78. The molecule has 0 radical (unpaired) electrons. The van der Waals surface area contributed by atoms with Crippen LogP contribution in [0.2, 0.25) is 0 Å². The van der Waals surface area contributed by atoms with Crippen LogP contribution in [0.25, 0.3) is 11.9 Å². The van der Waals surface area contributed by atoms with Crippen LogP contribution in [0.4, 0.5) is 17.6 Å². The Bertz CT molecular complexity index is 1310. The summed E-state index contributed by atoms with van der Waals surface area (Å²) in [5.74, 6) is -5.01. The maximum Gasteiger partial charge on any atom is 0.267 e. The number of halogens is 4. The number of nitrogens with zero attached hydrogens (tertiary/aromatic N) is 4. The summed E-state index contributed by atoms with van der Waals surface area (Å²) in [5.41, 5.74) is 5.76. The van der Waals surface area contributed by atoms with E-state index in [0.717, 1.165) is 16.7 Å². The van der Waals surface area contributed by atoms with Gasteiger partial charge in [-0.3, -0.25) is 14.8 Å². The Morgan fingerprint density at radius 1 is 1.32 bits per heavy atom. The highest BCUT2D eigenvalue weighted by molar-refractivity contribution is 8.14. The van der Waals surface area contributed by atoms with Gasteiger partial charge < -0.3 is 10.6 Å². The zero-order chi connectivity index (χ0) is 27.0. The van der Waals surface area contributed by atoms with Crippen LogP contribution in [0.1, 0.15) is 49.1 Å². The smallest absolute Gasteiger partial charge is 0.267 e. The number of aromatic nitrogens is 1. The number of hydrogen-bond acceptors (Lipinski definition) is 6. The Labute approximate surface area is 216 Å². The maximum absolute atomic E-state index is 15.1. The average molecular weight is 532 g/mol. The first-order valence-corrected chi connectivity index (χ1v) is 12.5. The average Bonchev–Trinajstić information content (AvgIpc) is 3.17. The molecule has 0 saturated carbocycles. The zero-order valence-corrected chi connectivity index (χ0v) is 21.0. The highest BCUT2D eigenvalue weighted by atomic mass is 32.2. The number of nitrogens with two attached hydrogens (primary N) is 1. The van der Waals surface area contributed by atoms with E-state index in [1.807, 2.05) is 6.07 Å². The minimum Gasteiger partial charge on any atom is -0.378 e. The molecule has 0 aliphatic carbocycles. The van der Waals surface area contributed by atoms with Crippen molar-refractivity contribution >= 4 is 34.7 Å². The predicted octanol–water partition coefficient (Wildman–Crippen LogP) is 5.10. The molecule has 3 heterocycles. The normalized spacial score (nSPS) is 25.8. The van der Waals surface area contributed by atoms with Gasteiger partial charge in [0.2, 0.25) is 5.91 Å². The zero-order valence-electron chi connectivity index (χ0n) is 20.2. The number of amides is 1. The molecular formula is C26H25F4N5OS. The highest BCUT2D eigenvalue weighted by Gasteiger charge is 2.45. The van der Waals surface area contributed by atoms with Gasteiger partial charge in [-0.15, -0.1) is 0 Å². The summed E-state index contributed by atoms with van der Waals surface area (Å²) in [5, 5.41) is 8.19. The van der Waals surface area contributed by atoms with Crippen LogP contribution >= 0.6 is 11.8 Å². The van der Waals surface area contributed by atoms with Gasteiger partial charge in [-0.1, -0.05) is 24.8 Å². The van der Waals surface area contributed by atoms with Crippen molar-refractivity contribution in [3.63, 3.8) is 0 Å². The summed E-state index contributed by atoms with van der Waals surface area (Å²) < 4.78 is 57.3. The van der Waals surface area contributed by atoms with Gasteiger partial charge in [-0.05, 0) is 55.2 Å². The molecule has 37 heavy (non-hydrogen) atoms. The van der Waals surface area contributed by atoms with Gasteiger partial charge in [0.25, 0.3) is 5.92 Å². The number of hydrogen-bond donors (Lipinski definition) is 1. The molecule has 2 N–H and O–H groups in total. The quantitative estimate of drug-likeness (QED) is 0.554. The van der Waals surface area contributed by atoms with Crippen molar-refractivity contribution in [3.8, 4) is 6.07 Å². The molecule has 2 aromatic rings. The Morgan fingerprint density at radius 2 is 2.08 bits per heavy atom. The maximum atomic E-state index is 15.1. The number of thioether (sulfide) groups is 1. The van der Waals surface area contributed by atoms with E-state index in [2.05, 4.69) is 9.98 Å². The first-order chi connectivity index (χ1) is 17.4. The van der Waals surface area contributed by atoms with E-state index in [4.69, 9.17) is 11.0 Å². The Kier molecular flexibility index (Phi) is 7.33. The predicted molar refractivity (Wildman–Crippen MR) is 135 cm³/mol. The minimum atomic E-state index is -2.91. The van der Waals surface area contributed by atoms with Crippen LogP contribution < -0.4 is 5.73 Å². The lowest BCUT2D eigenvalue weighted by Gasteiger charge is -2.33. The van der Waals surface area contributed by atoms with Crippen molar-refractivity contribution in [2.75, 3.05) is 13.1 Å². The van der Waals surface area contributed by atoms with E-state index >= 15 is 4.39 Å². The fourth-order valence-corrected chi connectivity index (χ4v) is 5.73. The molecule has 1 fully saturated rings. The lowest BCUT2D eigenvalue weighted by Crippen LogP contribution is -2.39. The molecule has 0 spiro atoms. The molecule has 3 atom stereocenters. The summed E-state index contributed by atoms with van der Waals surface area (Å²) >= 11 is 0.990. The van der Waals surface area contributed by atoms with Gasteiger partial charge in [0.1, 0.15) is 17.7 Å². The van der Waals surface area contributed by atoms with E-state index in [9.17, 15) is 18.0 Å². The first kappa shape index (κ1) is 26.7. The topological polar surface area (TPSA) is 95.4 Å². The summed E-state index contributed by atoms with van der Waals surface area (Å²) in [6, 6.07) is 8.82. The number of amidine groups is 1. The number of rotatable bonds is 4. The number of aliphatic imine (C=N–C) groups is 1.